The van der Waals surface area contributed by atoms with Gasteiger partial charge in [-0.05, 0) is 49.5 Å². The van der Waals surface area contributed by atoms with E-state index in [1.54, 1.807) is 11.3 Å². The van der Waals surface area contributed by atoms with E-state index in [1.165, 1.54) is 0 Å². The SMILES string of the molecule is CCOC1(C(O)c2cccs2)CCC(C)(C)CC1. The summed E-state index contributed by atoms with van der Waals surface area (Å²) in [7, 11) is 0. The van der Waals surface area contributed by atoms with Crippen LogP contribution in [-0.4, -0.2) is 17.3 Å². The number of aliphatic hydroxyl groups is 1. The molecule has 2 nitrogen and oxygen atoms in total. The Morgan fingerprint density at radius 1 is 1.33 bits per heavy atom. The van der Waals surface area contributed by atoms with E-state index in [-0.39, 0.29) is 5.60 Å². The predicted octanol–water partition coefficient (Wildman–Crippen LogP) is 4.16. The molecule has 1 aromatic rings. The lowest BCUT2D eigenvalue weighted by Crippen LogP contribution is -2.44. The van der Waals surface area contributed by atoms with E-state index < -0.39 is 6.10 Å². The van der Waals surface area contributed by atoms with Crippen LogP contribution in [0.2, 0.25) is 0 Å². The molecule has 3 heteroatoms. The van der Waals surface area contributed by atoms with Crippen LogP contribution < -0.4 is 0 Å². The van der Waals surface area contributed by atoms with Gasteiger partial charge in [-0.1, -0.05) is 19.9 Å². The van der Waals surface area contributed by atoms with Crippen molar-refractivity contribution in [1.29, 1.82) is 0 Å². The van der Waals surface area contributed by atoms with E-state index in [2.05, 4.69) is 13.8 Å². The van der Waals surface area contributed by atoms with E-state index >= 15 is 0 Å². The van der Waals surface area contributed by atoms with Gasteiger partial charge < -0.3 is 9.84 Å². The Hall–Kier alpha value is -0.380. The van der Waals surface area contributed by atoms with Crippen molar-refractivity contribution in [2.75, 3.05) is 6.61 Å². The van der Waals surface area contributed by atoms with Gasteiger partial charge in [-0.15, -0.1) is 11.3 Å². The molecule has 1 N–H and O–H groups in total. The van der Waals surface area contributed by atoms with Crippen molar-refractivity contribution in [3.05, 3.63) is 22.4 Å². The Kier molecular flexibility index (Phi) is 4.15. The summed E-state index contributed by atoms with van der Waals surface area (Å²) in [6, 6.07) is 4.01. The third-order valence-corrected chi connectivity index (χ3v) is 5.12. The maximum Gasteiger partial charge on any atom is 0.117 e. The maximum atomic E-state index is 10.7. The molecule has 1 aliphatic rings. The first-order chi connectivity index (χ1) is 8.49. The van der Waals surface area contributed by atoms with Crippen molar-refractivity contribution >= 4 is 11.3 Å². The lowest BCUT2D eigenvalue weighted by atomic mass is 9.69. The highest BCUT2D eigenvalue weighted by molar-refractivity contribution is 7.10. The fraction of sp³-hybridized carbons (Fsp3) is 0.733. The fourth-order valence-electron chi connectivity index (χ4n) is 2.84. The Labute approximate surface area is 114 Å². The minimum absolute atomic E-state index is 0.366. The first-order valence-corrected chi connectivity index (χ1v) is 7.72. The van der Waals surface area contributed by atoms with Crippen molar-refractivity contribution in [3.63, 3.8) is 0 Å². The van der Waals surface area contributed by atoms with Crippen molar-refractivity contribution < 1.29 is 9.84 Å². The number of thiophene rings is 1. The zero-order valence-corrected chi connectivity index (χ0v) is 12.4. The van der Waals surface area contributed by atoms with Crippen LogP contribution in [0.25, 0.3) is 0 Å². The first-order valence-electron chi connectivity index (χ1n) is 6.84. The standard InChI is InChI=1S/C15H24O2S/c1-4-17-15(9-7-14(2,3)8-10-15)13(16)12-6-5-11-18-12/h5-6,11,13,16H,4,7-10H2,1-3H3. The van der Waals surface area contributed by atoms with Crippen molar-refractivity contribution in [2.45, 2.75) is 58.2 Å². The van der Waals surface area contributed by atoms with Gasteiger partial charge in [-0.2, -0.15) is 0 Å². The molecule has 0 amide bonds. The molecular formula is C15H24O2S. The Bertz CT molecular complexity index is 360. The summed E-state index contributed by atoms with van der Waals surface area (Å²) < 4.78 is 6.01. The molecule has 1 unspecified atom stereocenters. The minimum Gasteiger partial charge on any atom is -0.385 e. The normalized spacial score (nSPS) is 23.8. The predicted molar refractivity (Wildman–Crippen MR) is 75.9 cm³/mol. The van der Waals surface area contributed by atoms with Gasteiger partial charge in [0.1, 0.15) is 6.10 Å². The van der Waals surface area contributed by atoms with Crippen molar-refractivity contribution in [1.82, 2.24) is 0 Å². The number of hydrogen-bond acceptors (Lipinski definition) is 3. The number of ether oxygens (including phenoxy) is 1. The summed E-state index contributed by atoms with van der Waals surface area (Å²) in [6.07, 6.45) is 3.67. The van der Waals surface area contributed by atoms with E-state index in [0.29, 0.717) is 12.0 Å². The second kappa shape index (κ2) is 5.32. The first kappa shape index (κ1) is 14.0. The van der Waals surface area contributed by atoms with E-state index in [9.17, 15) is 5.11 Å². The number of hydrogen-bond donors (Lipinski definition) is 1. The van der Waals surface area contributed by atoms with Crippen LogP contribution in [0.3, 0.4) is 0 Å². The molecule has 2 rings (SSSR count). The second-order valence-electron chi connectivity index (χ2n) is 6.08. The number of rotatable bonds is 4. The molecule has 1 heterocycles. The molecule has 1 saturated carbocycles. The second-order valence-corrected chi connectivity index (χ2v) is 7.06. The molecule has 0 aromatic carbocycles. The highest BCUT2D eigenvalue weighted by Gasteiger charge is 2.45. The van der Waals surface area contributed by atoms with E-state index in [4.69, 9.17) is 4.74 Å². The maximum absolute atomic E-state index is 10.7. The summed E-state index contributed by atoms with van der Waals surface area (Å²) in [5.41, 5.74) is 0.0187. The average molecular weight is 268 g/mol. The fourth-order valence-corrected chi connectivity index (χ4v) is 3.66. The van der Waals surface area contributed by atoms with Gasteiger partial charge in [0.05, 0.1) is 5.60 Å². The van der Waals surface area contributed by atoms with Crippen LogP contribution in [0.4, 0.5) is 0 Å². The molecule has 0 bridgehead atoms. The van der Waals surface area contributed by atoms with Gasteiger partial charge in [0, 0.05) is 11.5 Å². The van der Waals surface area contributed by atoms with Crippen LogP contribution in [0, 0.1) is 5.41 Å². The van der Waals surface area contributed by atoms with Gasteiger partial charge in [-0.25, -0.2) is 0 Å². The Morgan fingerprint density at radius 3 is 2.50 bits per heavy atom. The molecule has 18 heavy (non-hydrogen) atoms. The lowest BCUT2D eigenvalue weighted by molar-refractivity contribution is -0.152. The molecule has 102 valence electrons. The molecule has 0 saturated heterocycles. The van der Waals surface area contributed by atoms with Gasteiger partial charge in [0.2, 0.25) is 0 Å². The third-order valence-electron chi connectivity index (χ3n) is 4.19. The van der Waals surface area contributed by atoms with E-state index in [1.807, 2.05) is 24.4 Å². The molecule has 0 spiro atoms. The molecule has 0 aliphatic heterocycles. The van der Waals surface area contributed by atoms with Crippen LogP contribution in [0.1, 0.15) is 57.4 Å². The monoisotopic (exact) mass is 268 g/mol. The molecule has 1 fully saturated rings. The molecule has 0 radical (unpaired) electrons. The van der Waals surface area contributed by atoms with Gasteiger partial charge in [-0.3, -0.25) is 0 Å². The lowest BCUT2D eigenvalue weighted by Gasteiger charge is -2.45. The average Bonchev–Trinajstić information content (AvgIpc) is 2.85. The zero-order valence-electron chi connectivity index (χ0n) is 11.6. The minimum atomic E-state index is -0.478. The zero-order chi connectivity index (χ0) is 13.2. The third kappa shape index (κ3) is 2.79. The van der Waals surface area contributed by atoms with E-state index in [0.717, 1.165) is 30.6 Å². The van der Waals surface area contributed by atoms with Crippen molar-refractivity contribution in [3.8, 4) is 0 Å². The molecule has 1 atom stereocenters. The summed E-state index contributed by atoms with van der Waals surface area (Å²) in [6.45, 7) is 7.30. The smallest absolute Gasteiger partial charge is 0.117 e. The Morgan fingerprint density at radius 2 is 2.00 bits per heavy atom. The van der Waals surface area contributed by atoms with Crippen molar-refractivity contribution in [2.24, 2.45) is 5.41 Å². The quantitative estimate of drug-likeness (QED) is 0.888. The summed E-state index contributed by atoms with van der Waals surface area (Å²) in [5.74, 6) is 0. The Balaban J connectivity index is 2.17. The van der Waals surface area contributed by atoms with Crippen LogP contribution >= 0.6 is 11.3 Å². The summed E-state index contributed by atoms with van der Waals surface area (Å²) in [5, 5.41) is 12.7. The topological polar surface area (TPSA) is 29.5 Å². The van der Waals surface area contributed by atoms with Gasteiger partial charge >= 0.3 is 0 Å². The highest BCUT2D eigenvalue weighted by Crippen LogP contribution is 2.48. The summed E-state index contributed by atoms with van der Waals surface area (Å²) >= 11 is 1.62. The molecule has 1 aromatic heterocycles. The van der Waals surface area contributed by atoms with Crippen LogP contribution in [0.15, 0.2) is 17.5 Å². The molecule has 1 aliphatic carbocycles. The highest BCUT2D eigenvalue weighted by atomic mass is 32.1. The van der Waals surface area contributed by atoms with Crippen LogP contribution in [0.5, 0.6) is 0 Å². The van der Waals surface area contributed by atoms with Gasteiger partial charge in [0.25, 0.3) is 0 Å². The largest absolute Gasteiger partial charge is 0.385 e. The number of aliphatic hydroxyl groups excluding tert-OH is 1. The van der Waals surface area contributed by atoms with Crippen LogP contribution in [-0.2, 0) is 4.74 Å². The van der Waals surface area contributed by atoms with Gasteiger partial charge in [0.15, 0.2) is 0 Å². The summed E-state index contributed by atoms with van der Waals surface area (Å²) in [4.78, 5) is 1.03. The molecular weight excluding hydrogens is 244 g/mol.